The highest BCUT2D eigenvalue weighted by atomic mass is 16.7. The van der Waals surface area contributed by atoms with E-state index in [9.17, 15) is 4.79 Å². The summed E-state index contributed by atoms with van der Waals surface area (Å²) in [6, 6.07) is 6.62. The van der Waals surface area contributed by atoms with Crippen molar-refractivity contribution >= 4 is 5.91 Å². The number of rotatable bonds is 9. The number of ether oxygens (including phenoxy) is 2. The van der Waals surface area contributed by atoms with E-state index in [0.717, 1.165) is 50.3 Å². The number of aliphatic hydroxyl groups is 1. The van der Waals surface area contributed by atoms with Gasteiger partial charge in [0.15, 0.2) is 11.5 Å². The van der Waals surface area contributed by atoms with Gasteiger partial charge in [-0.1, -0.05) is 19.4 Å². The van der Waals surface area contributed by atoms with Crippen LogP contribution < -0.4 is 9.47 Å². The molecule has 0 radical (unpaired) electrons. The minimum atomic E-state index is 0.127. The molecule has 1 N–H and O–H groups in total. The molecule has 6 nitrogen and oxygen atoms in total. The molecule has 6 heteroatoms. The van der Waals surface area contributed by atoms with Crippen LogP contribution in [0.3, 0.4) is 0 Å². The molecule has 1 fully saturated rings. The fraction of sp³-hybridized carbons (Fsp3) is 0.682. The Balaban J connectivity index is 1.62. The van der Waals surface area contributed by atoms with Crippen molar-refractivity contribution in [3.05, 3.63) is 23.8 Å². The van der Waals surface area contributed by atoms with Gasteiger partial charge in [0.25, 0.3) is 0 Å². The van der Waals surface area contributed by atoms with Gasteiger partial charge in [0.1, 0.15) is 0 Å². The van der Waals surface area contributed by atoms with Crippen LogP contribution in [0.25, 0.3) is 0 Å². The Labute approximate surface area is 168 Å². The number of carbonyl (C=O) groups is 1. The Hall–Kier alpha value is -1.79. The molecule has 2 aliphatic heterocycles. The maximum Gasteiger partial charge on any atom is 0.236 e. The molecule has 0 saturated carbocycles. The van der Waals surface area contributed by atoms with Crippen molar-refractivity contribution in [1.29, 1.82) is 0 Å². The van der Waals surface area contributed by atoms with Crippen LogP contribution >= 0.6 is 0 Å². The molecule has 2 aliphatic rings. The molecular formula is C22H34N2O4. The van der Waals surface area contributed by atoms with Gasteiger partial charge in [0, 0.05) is 32.3 Å². The van der Waals surface area contributed by atoms with Gasteiger partial charge in [-0.3, -0.25) is 9.69 Å². The van der Waals surface area contributed by atoms with Gasteiger partial charge in [-0.25, -0.2) is 0 Å². The van der Waals surface area contributed by atoms with E-state index in [0.29, 0.717) is 38.3 Å². The number of unbranched alkanes of at least 4 members (excludes halogenated alkanes) is 1. The molecular weight excluding hydrogens is 356 g/mol. The quantitative estimate of drug-likeness (QED) is 0.702. The SMILES string of the molecule is CCCCN(CCCO)C(=O)CN1CC(c2ccc3c(c2)OCO3)CCC1C. The van der Waals surface area contributed by atoms with Crippen LogP contribution in [0.15, 0.2) is 18.2 Å². The highest BCUT2D eigenvalue weighted by Gasteiger charge is 2.29. The van der Waals surface area contributed by atoms with Gasteiger partial charge in [0.05, 0.1) is 6.54 Å². The van der Waals surface area contributed by atoms with Crippen molar-refractivity contribution in [3.63, 3.8) is 0 Å². The zero-order valence-corrected chi connectivity index (χ0v) is 17.2. The molecule has 1 aromatic rings. The second-order valence-corrected chi connectivity index (χ2v) is 7.98. The predicted molar refractivity (Wildman–Crippen MR) is 109 cm³/mol. The lowest BCUT2D eigenvalue weighted by Crippen LogP contribution is -2.48. The van der Waals surface area contributed by atoms with E-state index in [4.69, 9.17) is 14.6 Å². The zero-order chi connectivity index (χ0) is 19.9. The Morgan fingerprint density at radius 1 is 1.21 bits per heavy atom. The summed E-state index contributed by atoms with van der Waals surface area (Å²) in [5.41, 5.74) is 1.26. The van der Waals surface area contributed by atoms with E-state index in [2.05, 4.69) is 30.9 Å². The molecule has 0 spiro atoms. The molecule has 28 heavy (non-hydrogen) atoms. The van der Waals surface area contributed by atoms with Crippen LogP contribution in [0.4, 0.5) is 0 Å². The fourth-order valence-corrected chi connectivity index (χ4v) is 4.08. The molecule has 3 rings (SSSR count). The zero-order valence-electron chi connectivity index (χ0n) is 17.2. The van der Waals surface area contributed by atoms with Gasteiger partial charge in [-0.15, -0.1) is 0 Å². The second kappa shape index (κ2) is 10.1. The predicted octanol–water partition coefficient (Wildman–Crippen LogP) is 2.99. The molecule has 156 valence electrons. The highest BCUT2D eigenvalue weighted by molar-refractivity contribution is 5.78. The summed E-state index contributed by atoms with van der Waals surface area (Å²) in [6.07, 6.45) is 4.92. The first-order valence-corrected chi connectivity index (χ1v) is 10.6. The van der Waals surface area contributed by atoms with Crippen molar-refractivity contribution in [2.24, 2.45) is 0 Å². The lowest BCUT2D eigenvalue weighted by Gasteiger charge is -2.39. The van der Waals surface area contributed by atoms with Crippen LogP contribution in [0, 0.1) is 0 Å². The van der Waals surface area contributed by atoms with Gasteiger partial charge in [-0.2, -0.15) is 0 Å². The highest BCUT2D eigenvalue weighted by Crippen LogP contribution is 2.37. The molecule has 1 saturated heterocycles. The van der Waals surface area contributed by atoms with Gasteiger partial charge < -0.3 is 19.5 Å². The van der Waals surface area contributed by atoms with Crippen LogP contribution in [0.2, 0.25) is 0 Å². The number of benzene rings is 1. The van der Waals surface area contributed by atoms with E-state index >= 15 is 0 Å². The van der Waals surface area contributed by atoms with Crippen LogP contribution in [0.5, 0.6) is 11.5 Å². The van der Waals surface area contributed by atoms with E-state index in [1.807, 2.05) is 11.0 Å². The normalized spacial score (nSPS) is 21.7. The van der Waals surface area contributed by atoms with Crippen molar-refractivity contribution in [3.8, 4) is 11.5 Å². The first-order chi connectivity index (χ1) is 13.6. The average molecular weight is 391 g/mol. The number of hydrogen-bond donors (Lipinski definition) is 1. The van der Waals surface area contributed by atoms with E-state index in [-0.39, 0.29) is 12.5 Å². The molecule has 2 heterocycles. The molecule has 0 aromatic heterocycles. The summed E-state index contributed by atoms with van der Waals surface area (Å²) < 4.78 is 11.0. The number of nitrogens with zero attached hydrogens (tertiary/aromatic N) is 2. The summed E-state index contributed by atoms with van der Waals surface area (Å²) in [6.45, 7) is 7.53. The topological polar surface area (TPSA) is 62.2 Å². The van der Waals surface area contributed by atoms with Gasteiger partial charge >= 0.3 is 0 Å². The summed E-state index contributed by atoms with van der Waals surface area (Å²) >= 11 is 0. The van der Waals surface area contributed by atoms with Gasteiger partial charge in [-0.05, 0) is 56.2 Å². The number of likely N-dealkylation sites (tertiary alicyclic amines) is 1. The van der Waals surface area contributed by atoms with Crippen LogP contribution in [-0.4, -0.2) is 66.4 Å². The van der Waals surface area contributed by atoms with E-state index in [1.165, 1.54) is 5.56 Å². The number of carbonyl (C=O) groups excluding carboxylic acids is 1. The number of hydrogen-bond acceptors (Lipinski definition) is 5. The Morgan fingerprint density at radius 3 is 2.79 bits per heavy atom. The van der Waals surface area contributed by atoms with Crippen molar-refractivity contribution in [2.45, 2.75) is 57.9 Å². The van der Waals surface area contributed by atoms with Gasteiger partial charge in [0.2, 0.25) is 12.7 Å². The van der Waals surface area contributed by atoms with Crippen LogP contribution in [0.1, 0.15) is 57.4 Å². The van der Waals surface area contributed by atoms with Crippen molar-refractivity contribution in [1.82, 2.24) is 9.80 Å². The molecule has 1 amide bonds. The summed E-state index contributed by atoms with van der Waals surface area (Å²) in [7, 11) is 0. The average Bonchev–Trinajstić information content (AvgIpc) is 3.17. The Bertz CT molecular complexity index is 643. The largest absolute Gasteiger partial charge is 0.454 e. The Kier molecular flexibility index (Phi) is 7.57. The number of fused-ring (bicyclic) bond motifs is 1. The van der Waals surface area contributed by atoms with Crippen LogP contribution in [-0.2, 0) is 4.79 Å². The summed E-state index contributed by atoms with van der Waals surface area (Å²) in [4.78, 5) is 17.2. The number of aliphatic hydroxyl groups excluding tert-OH is 1. The molecule has 2 unspecified atom stereocenters. The number of amides is 1. The smallest absolute Gasteiger partial charge is 0.236 e. The minimum Gasteiger partial charge on any atom is -0.454 e. The molecule has 2 atom stereocenters. The second-order valence-electron chi connectivity index (χ2n) is 7.98. The van der Waals surface area contributed by atoms with Crippen molar-refractivity contribution in [2.75, 3.05) is 39.6 Å². The first kappa shape index (κ1) is 20.9. The monoisotopic (exact) mass is 390 g/mol. The maximum absolute atomic E-state index is 12.9. The lowest BCUT2D eigenvalue weighted by atomic mass is 9.87. The summed E-state index contributed by atoms with van der Waals surface area (Å²) in [5.74, 6) is 2.23. The third-order valence-electron chi connectivity index (χ3n) is 5.94. The minimum absolute atomic E-state index is 0.127. The third kappa shape index (κ3) is 5.17. The lowest BCUT2D eigenvalue weighted by molar-refractivity contribution is -0.133. The maximum atomic E-state index is 12.9. The molecule has 1 aromatic carbocycles. The first-order valence-electron chi connectivity index (χ1n) is 10.6. The molecule has 0 bridgehead atoms. The Morgan fingerprint density at radius 2 is 2.00 bits per heavy atom. The van der Waals surface area contributed by atoms with E-state index < -0.39 is 0 Å². The molecule has 0 aliphatic carbocycles. The van der Waals surface area contributed by atoms with E-state index in [1.54, 1.807) is 0 Å². The summed E-state index contributed by atoms with van der Waals surface area (Å²) in [5, 5.41) is 9.15. The standard InChI is InChI=1S/C22H34N2O4/c1-3-4-10-23(11-5-12-25)22(26)15-24-14-19(7-6-17(24)2)18-8-9-20-21(13-18)28-16-27-20/h8-9,13,17,19,25H,3-7,10-12,14-16H2,1-2H3. The fourth-order valence-electron chi connectivity index (χ4n) is 4.08. The van der Waals surface area contributed by atoms with Crippen molar-refractivity contribution < 1.29 is 19.4 Å². The number of piperidine rings is 1. The third-order valence-corrected chi connectivity index (χ3v) is 5.94.